The molecule has 0 fully saturated rings. The number of para-hydroxylation sites is 1. The van der Waals surface area contributed by atoms with Crippen LogP contribution in [0.4, 0.5) is 0 Å². The van der Waals surface area contributed by atoms with Gasteiger partial charge in [-0.2, -0.15) is 0 Å². The van der Waals surface area contributed by atoms with Gasteiger partial charge in [0.1, 0.15) is 23.2 Å². The molecule has 0 aliphatic carbocycles. The number of rotatable bonds is 4. The molecule has 1 aliphatic rings. The minimum Gasteiger partial charge on any atom is -0.456 e. The molecule has 41 heavy (non-hydrogen) atoms. The van der Waals surface area contributed by atoms with Crippen molar-refractivity contribution < 1.29 is 4.42 Å². The Morgan fingerprint density at radius 3 is 2.15 bits per heavy atom. The lowest BCUT2D eigenvalue weighted by atomic mass is 10.0. The van der Waals surface area contributed by atoms with Gasteiger partial charge in [-0.25, -0.2) is 9.98 Å². The van der Waals surface area contributed by atoms with E-state index in [1.165, 1.54) is 21.9 Å². The van der Waals surface area contributed by atoms with Gasteiger partial charge in [-0.1, -0.05) is 121 Å². The highest BCUT2D eigenvalue weighted by molar-refractivity contribution is 6.21. The number of hydrogen-bond acceptors (Lipinski definition) is 4. The van der Waals surface area contributed by atoms with Gasteiger partial charge in [0, 0.05) is 21.9 Å². The van der Waals surface area contributed by atoms with Crippen molar-refractivity contribution in [1.29, 1.82) is 0 Å². The summed E-state index contributed by atoms with van der Waals surface area (Å²) in [6.45, 7) is 0. The van der Waals surface area contributed by atoms with Crippen LogP contribution in [0, 0.1) is 0 Å². The number of aliphatic imine (C=N–C) groups is 2. The number of benzene rings is 6. The Morgan fingerprint density at radius 1 is 0.561 bits per heavy atom. The smallest absolute Gasteiger partial charge is 0.160 e. The van der Waals surface area contributed by atoms with E-state index >= 15 is 0 Å². The normalized spacial score (nSPS) is 15.1. The molecule has 0 bridgehead atoms. The summed E-state index contributed by atoms with van der Waals surface area (Å²) in [6, 6.07) is 48.1. The van der Waals surface area contributed by atoms with Gasteiger partial charge < -0.3 is 9.73 Å². The van der Waals surface area contributed by atoms with Crippen molar-refractivity contribution >= 4 is 44.4 Å². The SMILES string of the molecule is c1ccc(-c2ccc(C3=NC(c4cccc5oc6ccccc6c45)=NC(c4ccc5ccccc5c4)N3)cc2)cc1. The van der Waals surface area contributed by atoms with Crippen LogP contribution in [0.3, 0.4) is 0 Å². The van der Waals surface area contributed by atoms with Crippen LogP contribution in [-0.2, 0) is 0 Å². The zero-order chi connectivity index (χ0) is 27.2. The predicted octanol–water partition coefficient (Wildman–Crippen LogP) is 8.90. The van der Waals surface area contributed by atoms with Crippen LogP contribution >= 0.6 is 0 Å². The van der Waals surface area contributed by atoms with E-state index in [0.717, 1.165) is 44.5 Å². The van der Waals surface area contributed by atoms with E-state index in [4.69, 9.17) is 14.4 Å². The lowest BCUT2D eigenvalue weighted by Crippen LogP contribution is -2.33. The van der Waals surface area contributed by atoms with E-state index in [1.54, 1.807) is 0 Å². The van der Waals surface area contributed by atoms with Crippen molar-refractivity contribution in [3.8, 4) is 11.1 Å². The lowest BCUT2D eigenvalue weighted by molar-refractivity contribution is 0.668. The molecule has 1 aromatic heterocycles. The third kappa shape index (κ3) is 4.17. The Kier molecular flexibility index (Phi) is 5.49. The summed E-state index contributed by atoms with van der Waals surface area (Å²) in [5.74, 6) is 1.47. The van der Waals surface area contributed by atoms with Crippen molar-refractivity contribution in [2.75, 3.05) is 0 Å². The van der Waals surface area contributed by atoms with Gasteiger partial charge in [-0.05, 0) is 45.7 Å². The van der Waals surface area contributed by atoms with E-state index in [2.05, 4.69) is 108 Å². The highest BCUT2D eigenvalue weighted by atomic mass is 16.3. The van der Waals surface area contributed by atoms with Crippen molar-refractivity contribution in [1.82, 2.24) is 5.32 Å². The lowest BCUT2D eigenvalue weighted by Gasteiger charge is -2.24. The number of fused-ring (bicyclic) bond motifs is 4. The van der Waals surface area contributed by atoms with E-state index in [1.807, 2.05) is 36.4 Å². The van der Waals surface area contributed by atoms with Gasteiger partial charge in [0.15, 0.2) is 5.84 Å². The molecule has 1 aliphatic heterocycles. The minimum absolute atomic E-state index is 0.302. The topological polar surface area (TPSA) is 49.9 Å². The number of nitrogens with zero attached hydrogens (tertiary/aromatic N) is 2. The molecule has 0 amide bonds. The number of amidine groups is 2. The molecule has 1 atom stereocenters. The van der Waals surface area contributed by atoms with Crippen LogP contribution in [0.25, 0.3) is 43.8 Å². The summed E-state index contributed by atoms with van der Waals surface area (Å²) in [7, 11) is 0. The third-order valence-corrected chi connectivity index (χ3v) is 7.74. The molecule has 0 radical (unpaired) electrons. The number of nitrogens with one attached hydrogen (secondary N) is 1. The fourth-order valence-corrected chi connectivity index (χ4v) is 5.68. The van der Waals surface area contributed by atoms with Crippen molar-refractivity contribution in [3.05, 3.63) is 156 Å². The standard InChI is InChI=1S/C37H25N3O/c1-2-9-24(10-3-1)26-17-20-27(21-18-26)35-38-36(29-22-19-25-11-4-5-12-28(25)23-29)40-37(39-35)31-14-8-16-33-34(31)30-13-6-7-15-32(30)41-33/h1-23,36H,(H,38,39,40). The molecule has 0 saturated carbocycles. The average Bonchev–Trinajstić information content (AvgIpc) is 3.44. The molecule has 2 heterocycles. The molecule has 0 saturated heterocycles. The first kappa shape index (κ1) is 23.4. The van der Waals surface area contributed by atoms with Crippen LogP contribution < -0.4 is 5.32 Å². The highest BCUT2D eigenvalue weighted by Crippen LogP contribution is 2.33. The molecule has 8 rings (SSSR count). The van der Waals surface area contributed by atoms with E-state index in [0.29, 0.717) is 5.84 Å². The molecular weight excluding hydrogens is 502 g/mol. The Bertz CT molecular complexity index is 2120. The zero-order valence-corrected chi connectivity index (χ0v) is 22.2. The van der Waals surface area contributed by atoms with E-state index < -0.39 is 0 Å². The predicted molar refractivity (Wildman–Crippen MR) is 168 cm³/mol. The summed E-state index contributed by atoms with van der Waals surface area (Å²) in [5.41, 5.74) is 7.09. The average molecular weight is 528 g/mol. The van der Waals surface area contributed by atoms with Crippen molar-refractivity contribution in [2.45, 2.75) is 6.17 Å². The molecule has 194 valence electrons. The number of hydrogen-bond donors (Lipinski definition) is 1. The fourth-order valence-electron chi connectivity index (χ4n) is 5.68. The van der Waals surface area contributed by atoms with Crippen LogP contribution in [0.15, 0.2) is 154 Å². The molecule has 1 N–H and O–H groups in total. The van der Waals surface area contributed by atoms with Gasteiger partial charge in [-0.15, -0.1) is 0 Å². The van der Waals surface area contributed by atoms with Crippen LogP contribution in [0.5, 0.6) is 0 Å². The van der Waals surface area contributed by atoms with Crippen LogP contribution in [0.1, 0.15) is 22.9 Å². The second-order valence-electron chi connectivity index (χ2n) is 10.3. The highest BCUT2D eigenvalue weighted by Gasteiger charge is 2.23. The Morgan fingerprint density at radius 2 is 1.27 bits per heavy atom. The summed E-state index contributed by atoms with van der Waals surface area (Å²) in [5, 5.41) is 8.11. The largest absolute Gasteiger partial charge is 0.456 e. The summed E-state index contributed by atoms with van der Waals surface area (Å²) >= 11 is 0. The molecule has 0 spiro atoms. The minimum atomic E-state index is -0.302. The van der Waals surface area contributed by atoms with Gasteiger partial charge in [0.05, 0.1) is 0 Å². The molecular formula is C37H25N3O. The van der Waals surface area contributed by atoms with Crippen LogP contribution in [0.2, 0.25) is 0 Å². The van der Waals surface area contributed by atoms with Crippen LogP contribution in [-0.4, -0.2) is 11.7 Å². The Hall–Kier alpha value is -5.48. The Balaban J connectivity index is 1.28. The molecule has 6 aromatic carbocycles. The zero-order valence-electron chi connectivity index (χ0n) is 22.2. The van der Waals surface area contributed by atoms with Gasteiger partial charge >= 0.3 is 0 Å². The first-order chi connectivity index (χ1) is 20.3. The monoisotopic (exact) mass is 527 g/mol. The summed E-state index contributed by atoms with van der Waals surface area (Å²) in [6.07, 6.45) is -0.302. The molecule has 7 aromatic rings. The quantitative estimate of drug-likeness (QED) is 0.248. The molecule has 4 nitrogen and oxygen atoms in total. The summed E-state index contributed by atoms with van der Waals surface area (Å²) in [4.78, 5) is 10.3. The van der Waals surface area contributed by atoms with Crippen molar-refractivity contribution in [2.24, 2.45) is 9.98 Å². The maximum atomic E-state index is 6.19. The first-order valence-electron chi connectivity index (χ1n) is 13.8. The summed E-state index contributed by atoms with van der Waals surface area (Å²) < 4.78 is 6.19. The second-order valence-corrected chi connectivity index (χ2v) is 10.3. The first-order valence-corrected chi connectivity index (χ1v) is 13.8. The van der Waals surface area contributed by atoms with Gasteiger partial charge in [-0.3, -0.25) is 0 Å². The van der Waals surface area contributed by atoms with E-state index in [9.17, 15) is 0 Å². The molecule has 1 unspecified atom stereocenters. The van der Waals surface area contributed by atoms with E-state index in [-0.39, 0.29) is 6.17 Å². The van der Waals surface area contributed by atoms with Gasteiger partial charge in [0.25, 0.3) is 0 Å². The maximum absolute atomic E-state index is 6.19. The maximum Gasteiger partial charge on any atom is 0.160 e. The number of furan rings is 1. The Labute approximate surface area is 237 Å². The second kappa shape index (κ2) is 9.61. The fraction of sp³-hybridized carbons (Fsp3) is 0.0270. The van der Waals surface area contributed by atoms with Crippen molar-refractivity contribution in [3.63, 3.8) is 0 Å². The van der Waals surface area contributed by atoms with Gasteiger partial charge in [0.2, 0.25) is 0 Å². The third-order valence-electron chi connectivity index (χ3n) is 7.74. The molecule has 4 heteroatoms.